The molecule has 0 spiro atoms. The Kier molecular flexibility index (Phi) is 5.80. The molecule has 3 atom stereocenters. The number of rotatable bonds is 3. The standard InChI is InChI=1S/C31H29Cl2N3OS/c32-25-6-5-22(12-26(25)33)27-24(16-34)29(38)35-31(37,30-13-18-9-19(14-30)11-20(10-18)15-30)28(27)36-8-7-21-3-1-2-4-23(21)17-36/h1-8,12,17-20,27-28,35,37H,9-11,13-15H2/p+1/t18?,19?,20?,27-,28-,30?,31-/m1/s1. The quantitative estimate of drug-likeness (QED) is 0.239. The van der Waals surface area contributed by atoms with Crippen molar-refractivity contribution < 1.29 is 9.67 Å². The Morgan fingerprint density at radius 1 is 0.947 bits per heavy atom. The highest BCUT2D eigenvalue weighted by atomic mass is 35.5. The molecule has 1 aromatic heterocycles. The van der Waals surface area contributed by atoms with E-state index in [9.17, 15) is 10.4 Å². The molecule has 4 fully saturated rings. The number of benzene rings is 2. The summed E-state index contributed by atoms with van der Waals surface area (Å²) in [5.74, 6) is 1.46. The van der Waals surface area contributed by atoms with Crippen LogP contribution in [0.15, 0.2) is 71.5 Å². The highest BCUT2D eigenvalue weighted by molar-refractivity contribution is 7.84. The number of nitrogens with one attached hydrogen (secondary N) is 1. The average molecular weight is 564 g/mol. The largest absolute Gasteiger partial charge is 0.365 e. The van der Waals surface area contributed by atoms with Gasteiger partial charge in [0, 0.05) is 16.9 Å². The molecule has 0 radical (unpaired) electrons. The molecule has 8 rings (SSSR count). The smallest absolute Gasteiger partial charge is 0.217 e. The van der Waals surface area contributed by atoms with E-state index in [1.54, 1.807) is 6.07 Å². The van der Waals surface area contributed by atoms with Crippen LogP contribution in [0, 0.1) is 34.5 Å². The highest BCUT2D eigenvalue weighted by Gasteiger charge is 2.68. The summed E-state index contributed by atoms with van der Waals surface area (Å²) in [7, 11) is 0. The van der Waals surface area contributed by atoms with Gasteiger partial charge < -0.3 is 10.4 Å². The first-order valence-electron chi connectivity index (χ1n) is 13.5. The Hall–Kier alpha value is -2.23. The van der Waals surface area contributed by atoms with E-state index in [1.807, 2.05) is 30.5 Å². The van der Waals surface area contributed by atoms with Crippen molar-refractivity contribution >= 4 is 46.6 Å². The molecule has 1 aliphatic heterocycles. The molecule has 194 valence electrons. The molecule has 2 heterocycles. The molecule has 4 aliphatic carbocycles. The fourth-order valence-electron chi connectivity index (χ4n) is 8.78. The lowest BCUT2D eigenvalue weighted by atomic mass is 9.45. The average Bonchev–Trinajstić information content (AvgIpc) is 2.89. The van der Waals surface area contributed by atoms with Gasteiger partial charge in [-0.25, -0.2) is 0 Å². The van der Waals surface area contributed by atoms with Crippen molar-refractivity contribution in [3.05, 3.63) is 87.1 Å². The van der Waals surface area contributed by atoms with Crippen LogP contribution in [0.2, 0.25) is 10.0 Å². The van der Waals surface area contributed by atoms with Gasteiger partial charge in [-0.15, -0.1) is 12.6 Å². The lowest BCUT2D eigenvalue weighted by Gasteiger charge is -2.63. The number of fused-ring (bicyclic) bond motifs is 1. The highest BCUT2D eigenvalue weighted by Crippen LogP contribution is 2.66. The van der Waals surface area contributed by atoms with Gasteiger partial charge in [-0.2, -0.15) is 9.83 Å². The van der Waals surface area contributed by atoms with E-state index in [0.29, 0.717) is 38.4 Å². The second-order valence-electron chi connectivity index (χ2n) is 12.1. The first-order valence-corrected chi connectivity index (χ1v) is 14.7. The molecule has 38 heavy (non-hydrogen) atoms. The van der Waals surface area contributed by atoms with Crippen molar-refractivity contribution in [2.24, 2.45) is 23.2 Å². The zero-order chi connectivity index (χ0) is 26.2. The van der Waals surface area contributed by atoms with E-state index in [0.717, 1.165) is 35.6 Å². The SMILES string of the molecule is N#CC1=C(S)N[C@](O)(C23CC4CC(CC(C4)C2)C3)[C@H]([n+]2ccc3ccccc3c2)[C@@H]1c1ccc(Cl)c(Cl)c1. The lowest BCUT2D eigenvalue weighted by Crippen LogP contribution is -2.73. The number of thiol groups is 1. The Labute approximate surface area is 238 Å². The molecule has 0 unspecified atom stereocenters. The second kappa shape index (κ2) is 8.89. The number of halogens is 2. The third kappa shape index (κ3) is 3.64. The monoisotopic (exact) mass is 562 g/mol. The van der Waals surface area contributed by atoms with Crippen LogP contribution in [0.5, 0.6) is 0 Å². The van der Waals surface area contributed by atoms with Crippen LogP contribution >= 0.6 is 35.8 Å². The van der Waals surface area contributed by atoms with Gasteiger partial charge >= 0.3 is 0 Å². The van der Waals surface area contributed by atoms with Crippen LogP contribution < -0.4 is 9.88 Å². The molecule has 2 aromatic carbocycles. The van der Waals surface area contributed by atoms with Crippen LogP contribution in [0.3, 0.4) is 0 Å². The summed E-state index contributed by atoms with van der Waals surface area (Å²) in [4.78, 5) is 0. The summed E-state index contributed by atoms with van der Waals surface area (Å²) in [5.41, 5.74) is -0.289. The van der Waals surface area contributed by atoms with Crippen LogP contribution in [-0.4, -0.2) is 10.8 Å². The molecular formula is C31H30Cl2N3OS+. The minimum atomic E-state index is -1.32. The van der Waals surface area contributed by atoms with Gasteiger partial charge in [0.2, 0.25) is 11.8 Å². The number of hydrogen-bond donors (Lipinski definition) is 3. The number of nitrogens with zero attached hydrogens (tertiary/aromatic N) is 2. The fourth-order valence-corrected chi connectivity index (χ4v) is 9.45. The van der Waals surface area contributed by atoms with Crippen molar-refractivity contribution in [2.45, 2.75) is 56.2 Å². The van der Waals surface area contributed by atoms with Crippen LogP contribution in [0.4, 0.5) is 0 Å². The van der Waals surface area contributed by atoms with Crippen molar-refractivity contribution in [3.63, 3.8) is 0 Å². The zero-order valence-electron chi connectivity index (χ0n) is 20.9. The van der Waals surface area contributed by atoms with E-state index in [2.05, 4.69) is 40.3 Å². The van der Waals surface area contributed by atoms with Crippen molar-refractivity contribution in [3.8, 4) is 6.07 Å². The van der Waals surface area contributed by atoms with Crippen molar-refractivity contribution in [1.82, 2.24) is 5.32 Å². The Morgan fingerprint density at radius 2 is 1.61 bits per heavy atom. The molecular weight excluding hydrogens is 533 g/mol. The second-order valence-corrected chi connectivity index (χ2v) is 13.3. The summed E-state index contributed by atoms with van der Waals surface area (Å²) in [6.07, 6.45) is 10.9. The Bertz CT molecular complexity index is 1500. The summed E-state index contributed by atoms with van der Waals surface area (Å²) in [6.45, 7) is 0. The normalized spacial score (nSPS) is 35.8. The Morgan fingerprint density at radius 3 is 2.24 bits per heavy atom. The van der Waals surface area contributed by atoms with Crippen molar-refractivity contribution in [2.75, 3.05) is 0 Å². The van der Waals surface area contributed by atoms with Crippen LogP contribution in [-0.2, 0) is 0 Å². The molecule has 4 bridgehead atoms. The number of aromatic nitrogens is 1. The van der Waals surface area contributed by atoms with Gasteiger partial charge in [-0.3, -0.25) is 0 Å². The third-order valence-corrected chi connectivity index (χ3v) is 11.0. The van der Waals surface area contributed by atoms with Gasteiger partial charge in [0.1, 0.15) is 0 Å². The van der Waals surface area contributed by atoms with Gasteiger partial charge in [0.05, 0.1) is 32.6 Å². The minimum Gasteiger partial charge on any atom is -0.365 e. The maximum absolute atomic E-state index is 13.2. The zero-order valence-corrected chi connectivity index (χ0v) is 23.4. The summed E-state index contributed by atoms with van der Waals surface area (Å²) in [5, 5.41) is 30.6. The first kappa shape index (κ1) is 24.8. The number of nitriles is 1. The predicted molar refractivity (Wildman–Crippen MR) is 153 cm³/mol. The molecule has 7 heteroatoms. The van der Waals surface area contributed by atoms with Crippen LogP contribution in [0.25, 0.3) is 10.8 Å². The number of hydrogen-bond acceptors (Lipinski definition) is 4. The molecule has 5 aliphatic rings. The maximum Gasteiger partial charge on any atom is 0.217 e. The van der Waals surface area contributed by atoms with E-state index < -0.39 is 17.7 Å². The number of pyridine rings is 1. The molecule has 3 aromatic rings. The summed E-state index contributed by atoms with van der Waals surface area (Å²) < 4.78 is 2.12. The molecule has 4 nitrogen and oxygen atoms in total. The van der Waals surface area contributed by atoms with Crippen molar-refractivity contribution in [1.29, 1.82) is 5.26 Å². The first-order chi connectivity index (χ1) is 18.3. The summed E-state index contributed by atoms with van der Waals surface area (Å²) >= 11 is 17.6. The van der Waals surface area contributed by atoms with Gasteiger partial charge in [0.25, 0.3) is 0 Å². The topological polar surface area (TPSA) is 59.9 Å². The molecule has 0 amide bonds. The number of aliphatic hydroxyl groups is 1. The van der Waals surface area contributed by atoms with Gasteiger partial charge in [0.15, 0.2) is 12.4 Å². The van der Waals surface area contributed by atoms with Gasteiger partial charge in [-0.1, -0.05) is 47.5 Å². The van der Waals surface area contributed by atoms with E-state index in [4.69, 9.17) is 35.8 Å². The molecule has 2 N–H and O–H groups in total. The fraction of sp³-hybridized carbons (Fsp3) is 0.419. The van der Waals surface area contributed by atoms with E-state index in [-0.39, 0.29) is 5.41 Å². The molecule has 4 saturated carbocycles. The van der Waals surface area contributed by atoms with Crippen LogP contribution in [0.1, 0.15) is 56.0 Å². The summed E-state index contributed by atoms with van der Waals surface area (Å²) in [6, 6.07) is 17.8. The lowest BCUT2D eigenvalue weighted by molar-refractivity contribution is -0.744. The van der Waals surface area contributed by atoms with Gasteiger partial charge in [-0.05, 0) is 85.4 Å². The predicted octanol–water partition coefficient (Wildman–Crippen LogP) is 6.93. The third-order valence-electron chi connectivity index (χ3n) is 9.92. The minimum absolute atomic E-state index is 0.311. The maximum atomic E-state index is 13.2. The number of allylic oxidation sites excluding steroid dienone is 1. The molecule has 0 saturated heterocycles. The van der Waals surface area contributed by atoms with E-state index in [1.165, 1.54) is 19.3 Å². The van der Waals surface area contributed by atoms with E-state index >= 15 is 0 Å². The Balaban J connectivity index is 1.48.